The molecule has 2 saturated carbocycles. The van der Waals surface area contributed by atoms with Crippen LogP contribution in [0, 0.1) is 5.92 Å². The third kappa shape index (κ3) is 6.50. The van der Waals surface area contributed by atoms with E-state index in [0.29, 0.717) is 19.8 Å². The molecule has 10 nitrogen and oxygen atoms in total. The second-order valence-corrected chi connectivity index (χ2v) is 12.9. The summed E-state index contributed by atoms with van der Waals surface area (Å²) in [5.74, 6) is -1.13. The van der Waals surface area contributed by atoms with Crippen LogP contribution in [0.3, 0.4) is 0 Å². The number of ether oxygens (including phenoxy) is 2. The van der Waals surface area contributed by atoms with Crippen molar-refractivity contribution in [1.82, 2.24) is 30.2 Å². The van der Waals surface area contributed by atoms with Crippen LogP contribution >= 0.6 is 0 Å². The van der Waals surface area contributed by atoms with Crippen LogP contribution in [0.15, 0.2) is 11.8 Å². The number of fused-ring (bicyclic) bond motifs is 2. The first-order chi connectivity index (χ1) is 20.0. The third-order valence-electron chi connectivity index (χ3n) is 10.3. The molecular weight excluding hydrogens is 527 g/mol. The maximum atomic E-state index is 15.9. The average molecular weight is 577 g/mol. The standard InChI is InChI=1S/C30H49FN6O4/c1-34-11-13-35(14-12-34)9-4-7-32-26-23(31)19-21-27-29(26)41-25-6-3-2-5-24(25)37(27)20-22(28(21)38)30(39)33-8-10-36-15-17-40-18-16-36/h20-21,23-27,29,32H,2-19H2,1H3,(H,33,39). The van der Waals surface area contributed by atoms with Crippen molar-refractivity contribution in [2.24, 2.45) is 5.92 Å². The van der Waals surface area contributed by atoms with E-state index < -0.39 is 24.2 Å². The zero-order valence-corrected chi connectivity index (χ0v) is 24.6. The smallest absolute Gasteiger partial charge is 0.256 e. The van der Waals surface area contributed by atoms with Gasteiger partial charge in [0.1, 0.15) is 6.17 Å². The maximum absolute atomic E-state index is 15.9. The van der Waals surface area contributed by atoms with Crippen LogP contribution in [-0.2, 0) is 19.1 Å². The number of nitrogens with one attached hydrogen (secondary N) is 2. The molecule has 2 aliphatic carbocycles. The summed E-state index contributed by atoms with van der Waals surface area (Å²) < 4.78 is 28.0. The molecule has 0 radical (unpaired) electrons. The molecule has 2 N–H and O–H groups in total. The monoisotopic (exact) mass is 576 g/mol. The molecule has 1 amide bonds. The molecule has 0 aromatic heterocycles. The Morgan fingerprint density at radius 2 is 1.78 bits per heavy atom. The number of rotatable bonds is 9. The van der Waals surface area contributed by atoms with E-state index in [-0.39, 0.29) is 41.9 Å². The lowest BCUT2D eigenvalue weighted by Gasteiger charge is -2.59. The Balaban J connectivity index is 1.12. The van der Waals surface area contributed by atoms with Crippen LogP contribution in [0.5, 0.6) is 0 Å². The molecule has 0 bridgehead atoms. The summed E-state index contributed by atoms with van der Waals surface area (Å²) in [6.45, 7) is 10.4. The van der Waals surface area contributed by atoms with Gasteiger partial charge in [0.15, 0.2) is 5.78 Å². The topological polar surface area (TPSA) is 89.6 Å². The van der Waals surface area contributed by atoms with Crippen molar-refractivity contribution in [1.29, 1.82) is 0 Å². The number of Topliss-reactive ketones (excluding diaryl/α,β-unsaturated/α-hetero) is 1. The van der Waals surface area contributed by atoms with E-state index in [9.17, 15) is 9.59 Å². The zero-order valence-electron chi connectivity index (χ0n) is 24.6. The van der Waals surface area contributed by atoms with Gasteiger partial charge in [-0.05, 0) is 45.8 Å². The predicted molar refractivity (Wildman–Crippen MR) is 153 cm³/mol. The summed E-state index contributed by atoms with van der Waals surface area (Å²) in [5.41, 5.74) is 0.184. The quantitative estimate of drug-likeness (QED) is 0.296. The molecule has 7 unspecified atom stereocenters. The molecule has 11 heteroatoms. The number of morpholine rings is 2. The number of likely N-dealkylation sites (N-methyl/N-ethyl adjacent to an activating group) is 1. The molecular formula is C30H49FN6O4. The second kappa shape index (κ2) is 13.3. The van der Waals surface area contributed by atoms with Gasteiger partial charge in [-0.15, -0.1) is 0 Å². The van der Waals surface area contributed by atoms with Crippen LogP contribution in [0.25, 0.3) is 0 Å². The normalized spacial score (nSPS) is 36.8. The minimum Gasteiger partial charge on any atom is -0.379 e. The lowest BCUT2D eigenvalue weighted by molar-refractivity contribution is -0.197. The molecule has 0 spiro atoms. The van der Waals surface area contributed by atoms with E-state index in [1.54, 1.807) is 0 Å². The lowest BCUT2D eigenvalue weighted by Crippen LogP contribution is -2.72. The fraction of sp³-hybridized carbons (Fsp3) is 0.867. The maximum Gasteiger partial charge on any atom is 0.256 e. The molecule has 6 aliphatic rings. The zero-order chi connectivity index (χ0) is 28.3. The van der Waals surface area contributed by atoms with E-state index in [0.717, 1.165) is 91.0 Å². The highest BCUT2D eigenvalue weighted by Crippen LogP contribution is 2.45. The number of halogens is 1. The summed E-state index contributed by atoms with van der Waals surface area (Å²) in [4.78, 5) is 36.4. The number of alkyl halides is 1. The van der Waals surface area contributed by atoms with Gasteiger partial charge >= 0.3 is 0 Å². The summed E-state index contributed by atoms with van der Waals surface area (Å²) in [5, 5.41) is 6.50. The molecule has 3 saturated heterocycles. The van der Waals surface area contributed by atoms with E-state index >= 15 is 4.39 Å². The van der Waals surface area contributed by atoms with Crippen molar-refractivity contribution < 1.29 is 23.5 Å². The SMILES string of the molecule is CN1CCN(CCCNC2C(F)CC3C(=O)C(C(=O)NCCN4CCOCC4)=CN4C5CCCCC5OC2C34)CC1. The number of nitrogens with zero attached hydrogens (tertiary/aromatic N) is 4. The molecule has 4 aliphatic heterocycles. The lowest BCUT2D eigenvalue weighted by atomic mass is 9.69. The van der Waals surface area contributed by atoms with Crippen LogP contribution in [0.2, 0.25) is 0 Å². The van der Waals surface area contributed by atoms with E-state index in [1.165, 1.54) is 0 Å². The number of hydrogen-bond acceptors (Lipinski definition) is 9. The van der Waals surface area contributed by atoms with Gasteiger partial charge in [0.25, 0.3) is 5.91 Å². The van der Waals surface area contributed by atoms with Crippen LogP contribution in [-0.4, -0.2) is 154 Å². The average Bonchev–Trinajstić information content (AvgIpc) is 2.99. The molecule has 41 heavy (non-hydrogen) atoms. The number of piperazine rings is 1. The van der Waals surface area contributed by atoms with Gasteiger partial charge in [0.2, 0.25) is 0 Å². The summed E-state index contributed by atoms with van der Waals surface area (Å²) in [6.07, 6.45) is 5.40. The van der Waals surface area contributed by atoms with Gasteiger partial charge in [-0.25, -0.2) is 4.39 Å². The number of carbonyl (C=O) groups is 2. The Kier molecular flexibility index (Phi) is 9.58. The molecule has 5 fully saturated rings. The van der Waals surface area contributed by atoms with E-state index in [2.05, 4.69) is 37.3 Å². The number of hydrogen-bond donors (Lipinski definition) is 2. The first kappa shape index (κ1) is 29.4. The highest BCUT2D eigenvalue weighted by atomic mass is 19.1. The Morgan fingerprint density at radius 1 is 1.02 bits per heavy atom. The fourth-order valence-electron chi connectivity index (χ4n) is 7.88. The third-order valence-corrected chi connectivity index (χ3v) is 10.3. The van der Waals surface area contributed by atoms with E-state index in [1.807, 2.05) is 6.20 Å². The molecule has 4 heterocycles. The Bertz CT molecular complexity index is 955. The fourth-order valence-corrected chi connectivity index (χ4v) is 7.88. The molecule has 7 atom stereocenters. The summed E-state index contributed by atoms with van der Waals surface area (Å²) in [6, 6.07) is -0.543. The summed E-state index contributed by atoms with van der Waals surface area (Å²) >= 11 is 0. The molecule has 6 rings (SSSR count). The van der Waals surface area contributed by atoms with Gasteiger partial charge in [0, 0.05) is 64.5 Å². The first-order valence-electron chi connectivity index (χ1n) is 16.0. The highest BCUT2D eigenvalue weighted by Gasteiger charge is 2.58. The number of ketones is 1. The largest absolute Gasteiger partial charge is 0.379 e. The van der Waals surface area contributed by atoms with Crippen LogP contribution < -0.4 is 10.6 Å². The van der Waals surface area contributed by atoms with Crippen molar-refractivity contribution >= 4 is 11.7 Å². The highest BCUT2D eigenvalue weighted by molar-refractivity contribution is 6.20. The first-order valence-corrected chi connectivity index (χ1v) is 16.0. The van der Waals surface area contributed by atoms with Gasteiger partial charge in [-0.3, -0.25) is 14.5 Å². The molecule has 0 aromatic carbocycles. The molecule has 230 valence electrons. The minimum absolute atomic E-state index is 0.000623. The van der Waals surface area contributed by atoms with E-state index in [4.69, 9.17) is 9.47 Å². The van der Waals surface area contributed by atoms with Crippen LogP contribution in [0.4, 0.5) is 4.39 Å². The Morgan fingerprint density at radius 3 is 2.59 bits per heavy atom. The van der Waals surface area contributed by atoms with Crippen molar-refractivity contribution in [3.05, 3.63) is 11.8 Å². The summed E-state index contributed by atoms with van der Waals surface area (Å²) in [7, 11) is 2.16. The van der Waals surface area contributed by atoms with Crippen molar-refractivity contribution in [3.8, 4) is 0 Å². The van der Waals surface area contributed by atoms with Crippen molar-refractivity contribution in [2.45, 2.75) is 75.0 Å². The number of carbonyl (C=O) groups excluding carboxylic acids is 2. The van der Waals surface area contributed by atoms with Crippen molar-refractivity contribution in [2.75, 3.05) is 85.7 Å². The van der Waals surface area contributed by atoms with Gasteiger partial charge in [-0.2, -0.15) is 0 Å². The molecule has 0 aromatic rings. The number of amides is 1. The predicted octanol–water partition coefficient (Wildman–Crippen LogP) is 0.236. The second-order valence-electron chi connectivity index (χ2n) is 12.9. The van der Waals surface area contributed by atoms with Gasteiger partial charge in [0.05, 0.1) is 49.1 Å². The van der Waals surface area contributed by atoms with Crippen LogP contribution in [0.1, 0.15) is 38.5 Å². The van der Waals surface area contributed by atoms with Crippen molar-refractivity contribution in [3.63, 3.8) is 0 Å². The van der Waals surface area contributed by atoms with Gasteiger partial charge in [-0.1, -0.05) is 12.8 Å². The Labute approximate surface area is 243 Å². The Hall–Kier alpha value is -1.63. The minimum atomic E-state index is -1.19. The van der Waals surface area contributed by atoms with Gasteiger partial charge < -0.3 is 34.8 Å².